The van der Waals surface area contributed by atoms with Gasteiger partial charge in [-0.15, -0.1) is 0 Å². The van der Waals surface area contributed by atoms with E-state index in [1.807, 2.05) is 0 Å². The number of nitrogens with zero attached hydrogens (tertiary/aromatic N) is 1. The summed E-state index contributed by atoms with van der Waals surface area (Å²) in [5.74, 6) is -0.953. The van der Waals surface area contributed by atoms with Crippen molar-refractivity contribution in [3.63, 3.8) is 0 Å². The van der Waals surface area contributed by atoms with E-state index >= 15 is 0 Å². The third kappa shape index (κ3) is 1.48. The maximum atomic E-state index is 10.7. The van der Waals surface area contributed by atoms with E-state index in [4.69, 9.17) is 10.2 Å². The Morgan fingerprint density at radius 1 is 1.67 bits per heavy atom. The van der Waals surface area contributed by atoms with Gasteiger partial charge in [-0.05, 0) is 18.6 Å². The number of rotatable bonds is 3. The SMILES string of the molecule is Cc1ccn(CCO)c1C(=O)O. The zero-order valence-electron chi connectivity index (χ0n) is 6.82. The number of carboxylic acids is 1. The van der Waals surface area contributed by atoms with Gasteiger partial charge in [-0.25, -0.2) is 4.79 Å². The lowest BCUT2D eigenvalue weighted by atomic mass is 10.3. The fraction of sp³-hybridized carbons (Fsp3) is 0.375. The van der Waals surface area contributed by atoms with E-state index in [1.54, 1.807) is 19.2 Å². The third-order valence-electron chi connectivity index (χ3n) is 1.71. The largest absolute Gasteiger partial charge is 0.477 e. The monoisotopic (exact) mass is 169 g/mol. The molecule has 1 aromatic rings. The number of carboxylic acid groups (broad SMARTS) is 1. The van der Waals surface area contributed by atoms with Crippen molar-refractivity contribution in [1.82, 2.24) is 4.57 Å². The van der Waals surface area contributed by atoms with Crippen molar-refractivity contribution in [3.8, 4) is 0 Å². The van der Waals surface area contributed by atoms with Crippen LogP contribution in [0.4, 0.5) is 0 Å². The lowest BCUT2D eigenvalue weighted by Gasteiger charge is -2.03. The number of aromatic carboxylic acids is 1. The van der Waals surface area contributed by atoms with Gasteiger partial charge in [-0.1, -0.05) is 0 Å². The first kappa shape index (κ1) is 8.80. The van der Waals surface area contributed by atoms with Crippen molar-refractivity contribution in [2.75, 3.05) is 6.61 Å². The molecule has 66 valence electrons. The molecule has 0 amide bonds. The smallest absolute Gasteiger partial charge is 0.352 e. The van der Waals surface area contributed by atoms with Gasteiger partial charge in [0.2, 0.25) is 0 Å². The maximum absolute atomic E-state index is 10.7. The fourth-order valence-corrected chi connectivity index (χ4v) is 1.17. The van der Waals surface area contributed by atoms with Crippen LogP contribution in [0.5, 0.6) is 0 Å². The molecule has 0 aliphatic rings. The predicted octanol–water partition coefficient (Wildman–Crippen LogP) is 0.487. The standard InChI is InChI=1S/C8H11NO3/c1-6-2-3-9(4-5-10)7(6)8(11)12/h2-3,10H,4-5H2,1H3,(H,11,12). The highest BCUT2D eigenvalue weighted by molar-refractivity contribution is 5.87. The van der Waals surface area contributed by atoms with Crippen molar-refractivity contribution < 1.29 is 15.0 Å². The summed E-state index contributed by atoms with van der Waals surface area (Å²) in [4.78, 5) is 10.7. The fourth-order valence-electron chi connectivity index (χ4n) is 1.17. The molecule has 12 heavy (non-hydrogen) atoms. The molecule has 0 bridgehead atoms. The Bertz CT molecular complexity index is 290. The number of aliphatic hydroxyl groups is 1. The summed E-state index contributed by atoms with van der Waals surface area (Å²) >= 11 is 0. The maximum Gasteiger partial charge on any atom is 0.352 e. The van der Waals surface area contributed by atoms with E-state index in [-0.39, 0.29) is 12.3 Å². The minimum absolute atomic E-state index is 0.0472. The Kier molecular flexibility index (Phi) is 2.50. The first-order valence-corrected chi connectivity index (χ1v) is 3.66. The number of hydrogen-bond donors (Lipinski definition) is 2. The average molecular weight is 169 g/mol. The Morgan fingerprint density at radius 3 is 2.83 bits per heavy atom. The summed E-state index contributed by atoms with van der Waals surface area (Å²) in [6.45, 7) is 2.02. The van der Waals surface area contributed by atoms with E-state index in [1.165, 1.54) is 4.57 Å². The van der Waals surface area contributed by atoms with Gasteiger partial charge < -0.3 is 14.8 Å². The van der Waals surface area contributed by atoms with E-state index in [2.05, 4.69) is 0 Å². The third-order valence-corrected chi connectivity index (χ3v) is 1.71. The molecule has 0 unspecified atom stereocenters. The lowest BCUT2D eigenvalue weighted by Crippen LogP contribution is -2.10. The first-order valence-electron chi connectivity index (χ1n) is 3.66. The van der Waals surface area contributed by atoms with Gasteiger partial charge in [-0.2, -0.15) is 0 Å². The Hall–Kier alpha value is -1.29. The quantitative estimate of drug-likeness (QED) is 0.692. The molecule has 0 saturated carbocycles. The topological polar surface area (TPSA) is 62.5 Å². The van der Waals surface area contributed by atoms with Crippen molar-refractivity contribution >= 4 is 5.97 Å². The molecule has 0 radical (unpaired) electrons. The van der Waals surface area contributed by atoms with Gasteiger partial charge in [0.05, 0.1) is 6.61 Å². The predicted molar refractivity (Wildman–Crippen MR) is 43.2 cm³/mol. The summed E-state index contributed by atoms with van der Waals surface area (Å²) in [7, 11) is 0. The summed E-state index contributed by atoms with van der Waals surface area (Å²) in [6.07, 6.45) is 1.66. The number of carbonyl (C=O) groups is 1. The van der Waals surface area contributed by atoms with Crippen LogP contribution in [0.1, 0.15) is 16.1 Å². The van der Waals surface area contributed by atoms with Crippen molar-refractivity contribution in [3.05, 3.63) is 23.5 Å². The van der Waals surface area contributed by atoms with E-state index in [0.29, 0.717) is 6.54 Å². The van der Waals surface area contributed by atoms with E-state index in [0.717, 1.165) is 5.56 Å². The lowest BCUT2D eigenvalue weighted by molar-refractivity contribution is 0.0683. The van der Waals surface area contributed by atoms with Gasteiger partial charge in [-0.3, -0.25) is 0 Å². The molecule has 1 heterocycles. The second-order valence-electron chi connectivity index (χ2n) is 2.57. The van der Waals surface area contributed by atoms with E-state index < -0.39 is 5.97 Å². The molecule has 0 atom stereocenters. The molecule has 1 aromatic heterocycles. The minimum Gasteiger partial charge on any atom is -0.477 e. The Morgan fingerprint density at radius 2 is 2.33 bits per heavy atom. The van der Waals surface area contributed by atoms with Gasteiger partial charge >= 0.3 is 5.97 Å². The van der Waals surface area contributed by atoms with E-state index in [9.17, 15) is 4.79 Å². The molecule has 0 spiro atoms. The van der Waals surface area contributed by atoms with Crippen molar-refractivity contribution in [2.24, 2.45) is 0 Å². The van der Waals surface area contributed by atoms with Gasteiger partial charge in [0.25, 0.3) is 0 Å². The second-order valence-corrected chi connectivity index (χ2v) is 2.57. The molecule has 0 aliphatic heterocycles. The normalized spacial score (nSPS) is 10.2. The summed E-state index contributed by atoms with van der Waals surface area (Å²) in [5.41, 5.74) is 0.972. The number of aryl methyl sites for hydroxylation is 1. The van der Waals surface area contributed by atoms with Crippen LogP contribution < -0.4 is 0 Å². The molecular formula is C8H11NO3. The highest BCUT2D eigenvalue weighted by Crippen LogP contribution is 2.09. The summed E-state index contributed by atoms with van der Waals surface area (Å²) in [6, 6.07) is 1.72. The molecular weight excluding hydrogens is 158 g/mol. The van der Waals surface area contributed by atoms with Gasteiger partial charge in [0.15, 0.2) is 0 Å². The zero-order valence-corrected chi connectivity index (χ0v) is 6.82. The van der Waals surface area contributed by atoms with Crippen LogP contribution in [0.3, 0.4) is 0 Å². The molecule has 0 saturated heterocycles. The zero-order chi connectivity index (χ0) is 9.14. The Balaban J connectivity index is 3.04. The Labute approximate surface area is 70.1 Å². The van der Waals surface area contributed by atoms with Crippen LogP contribution >= 0.6 is 0 Å². The molecule has 4 heteroatoms. The highest BCUT2D eigenvalue weighted by Gasteiger charge is 2.11. The van der Waals surface area contributed by atoms with Gasteiger partial charge in [0, 0.05) is 12.7 Å². The molecule has 0 fully saturated rings. The van der Waals surface area contributed by atoms with Crippen LogP contribution in [-0.4, -0.2) is 27.4 Å². The van der Waals surface area contributed by atoms with Crippen LogP contribution in [0, 0.1) is 6.92 Å². The number of aliphatic hydroxyl groups excluding tert-OH is 1. The minimum atomic E-state index is -0.953. The molecule has 2 N–H and O–H groups in total. The first-order chi connectivity index (χ1) is 5.66. The molecule has 0 aliphatic carbocycles. The summed E-state index contributed by atoms with van der Waals surface area (Å²) in [5, 5.41) is 17.4. The molecule has 0 aromatic carbocycles. The average Bonchev–Trinajstić information content (AvgIpc) is 2.32. The number of hydrogen-bond acceptors (Lipinski definition) is 2. The molecule has 4 nitrogen and oxygen atoms in total. The van der Waals surface area contributed by atoms with Crippen molar-refractivity contribution in [2.45, 2.75) is 13.5 Å². The van der Waals surface area contributed by atoms with Crippen LogP contribution in [0.15, 0.2) is 12.3 Å². The molecule has 1 rings (SSSR count). The highest BCUT2D eigenvalue weighted by atomic mass is 16.4. The van der Waals surface area contributed by atoms with Crippen LogP contribution in [0.2, 0.25) is 0 Å². The van der Waals surface area contributed by atoms with Crippen LogP contribution in [0.25, 0.3) is 0 Å². The second kappa shape index (κ2) is 3.40. The van der Waals surface area contributed by atoms with Gasteiger partial charge in [0.1, 0.15) is 5.69 Å². The van der Waals surface area contributed by atoms with Crippen molar-refractivity contribution in [1.29, 1.82) is 0 Å². The summed E-state index contributed by atoms with van der Waals surface area (Å²) < 4.78 is 1.53. The number of aromatic nitrogens is 1. The van der Waals surface area contributed by atoms with Crippen LogP contribution in [-0.2, 0) is 6.54 Å².